The number of carbonyl (C=O) groups excluding carboxylic acids is 1. The number of amides is 1. The van der Waals surface area contributed by atoms with E-state index in [1.807, 2.05) is 24.3 Å². The Bertz CT molecular complexity index is 708. The zero-order valence-corrected chi connectivity index (χ0v) is 15.3. The number of carbonyl (C=O) groups is 1. The third kappa shape index (κ3) is 4.95. The minimum Gasteiger partial charge on any atom is -0.493 e. The van der Waals surface area contributed by atoms with E-state index in [1.165, 1.54) is 0 Å². The lowest BCUT2D eigenvalue weighted by Crippen LogP contribution is -2.36. The summed E-state index contributed by atoms with van der Waals surface area (Å²) in [4.78, 5) is 19.0. The molecule has 1 amide bonds. The Morgan fingerprint density at radius 3 is 2.54 bits per heavy atom. The van der Waals surface area contributed by atoms with Crippen molar-refractivity contribution in [2.24, 2.45) is 5.92 Å². The molecule has 1 N–H and O–H groups in total. The maximum Gasteiger partial charge on any atom is 0.255 e. The van der Waals surface area contributed by atoms with E-state index in [2.05, 4.69) is 29.0 Å². The molecule has 6 heteroatoms. The summed E-state index contributed by atoms with van der Waals surface area (Å²) in [6.45, 7) is 7.97. The number of pyridine rings is 1. The maximum absolute atomic E-state index is 12.4. The van der Waals surface area contributed by atoms with E-state index < -0.39 is 0 Å². The fraction of sp³-hybridized carbons (Fsp3) is 0.400. The molecule has 0 atom stereocenters. The summed E-state index contributed by atoms with van der Waals surface area (Å²) in [5, 5.41) is 2.87. The molecule has 1 aromatic heterocycles. The number of hydrogen-bond donors (Lipinski definition) is 1. The van der Waals surface area contributed by atoms with Gasteiger partial charge in [-0.1, -0.05) is 13.8 Å². The van der Waals surface area contributed by atoms with Gasteiger partial charge in [-0.3, -0.25) is 4.79 Å². The van der Waals surface area contributed by atoms with Crippen molar-refractivity contribution >= 4 is 17.4 Å². The van der Waals surface area contributed by atoms with Crippen molar-refractivity contribution in [2.75, 3.05) is 43.1 Å². The van der Waals surface area contributed by atoms with Gasteiger partial charge in [0.25, 0.3) is 5.91 Å². The monoisotopic (exact) mass is 355 g/mol. The number of benzene rings is 1. The molecule has 1 fully saturated rings. The standard InChI is InChI=1S/C20H25N3O3/c1-15(2)14-26-18-6-3-16(4-7-18)20(24)22-17-5-8-19(21-13-17)23-9-11-25-12-10-23/h3-8,13,15H,9-12,14H2,1-2H3,(H,22,24). The minimum absolute atomic E-state index is 0.165. The predicted molar refractivity (Wildman–Crippen MR) is 102 cm³/mol. The normalized spacial score (nSPS) is 14.3. The molecule has 6 nitrogen and oxygen atoms in total. The quantitative estimate of drug-likeness (QED) is 0.862. The van der Waals surface area contributed by atoms with E-state index in [0.717, 1.165) is 37.9 Å². The minimum atomic E-state index is -0.165. The van der Waals surface area contributed by atoms with Crippen LogP contribution in [-0.4, -0.2) is 43.8 Å². The molecule has 0 saturated carbocycles. The SMILES string of the molecule is CC(C)COc1ccc(C(=O)Nc2ccc(N3CCOCC3)nc2)cc1. The van der Waals surface area contributed by atoms with Gasteiger partial charge in [0.2, 0.25) is 0 Å². The summed E-state index contributed by atoms with van der Waals surface area (Å²) < 4.78 is 11.0. The fourth-order valence-corrected chi connectivity index (χ4v) is 2.61. The molecule has 0 bridgehead atoms. The second-order valence-electron chi connectivity index (χ2n) is 6.69. The van der Waals surface area contributed by atoms with Crippen LogP contribution in [0.4, 0.5) is 11.5 Å². The smallest absolute Gasteiger partial charge is 0.255 e. The van der Waals surface area contributed by atoms with Gasteiger partial charge in [-0.15, -0.1) is 0 Å². The number of nitrogens with one attached hydrogen (secondary N) is 1. The van der Waals surface area contributed by atoms with Gasteiger partial charge in [0, 0.05) is 18.7 Å². The van der Waals surface area contributed by atoms with Crippen LogP contribution in [0, 0.1) is 5.92 Å². The molecule has 1 aromatic carbocycles. The van der Waals surface area contributed by atoms with Gasteiger partial charge in [-0.2, -0.15) is 0 Å². The lowest BCUT2D eigenvalue weighted by atomic mass is 10.2. The van der Waals surface area contributed by atoms with Crippen LogP contribution in [0.15, 0.2) is 42.6 Å². The van der Waals surface area contributed by atoms with Gasteiger partial charge in [0.1, 0.15) is 11.6 Å². The zero-order valence-electron chi connectivity index (χ0n) is 15.3. The molecule has 0 spiro atoms. The summed E-state index contributed by atoms with van der Waals surface area (Å²) >= 11 is 0. The van der Waals surface area contributed by atoms with Crippen LogP contribution in [0.5, 0.6) is 5.75 Å². The number of ether oxygens (including phenoxy) is 2. The van der Waals surface area contributed by atoms with E-state index in [4.69, 9.17) is 9.47 Å². The predicted octanol–water partition coefficient (Wildman–Crippen LogP) is 3.21. The van der Waals surface area contributed by atoms with E-state index in [9.17, 15) is 4.79 Å². The summed E-state index contributed by atoms with van der Waals surface area (Å²) in [7, 11) is 0. The van der Waals surface area contributed by atoms with Gasteiger partial charge < -0.3 is 19.7 Å². The molecule has 0 aliphatic carbocycles. The Morgan fingerprint density at radius 2 is 1.92 bits per heavy atom. The molecule has 3 rings (SSSR count). The van der Waals surface area contributed by atoms with E-state index in [1.54, 1.807) is 18.3 Å². The zero-order chi connectivity index (χ0) is 18.4. The first-order valence-electron chi connectivity index (χ1n) is 8.95. The molecule has 138 valence electrons. The van der Waals surface area contributed by atoms with Gasteiger partial charge in [-0.25, -0.2) is 4.98 Å². The Balaban J connectivity index is 1.57. The summed E-state index contributed by atoms with van der Waals surface area (Å²) in [5.41, 5.74) is 1.26. The van der Waals surface area contributed by atoms with Crippen molar-refractivity contribution in [2.45, 2.75) is 13.8 Å². The van der Waals surface area contributed by atoms with Crippen molar-refractivity contribution in [3.05, 3.63) is 48.2 Å². The van der Waals surface area contributed by atoms with Gasteiger partial charge >= 0.3 is 0 Å². The average Bonchev–Trinajstić information content (AvgIpc) is 2.68. The molecular formula is C20H25N3O3. The molecule has 26 heavy (non-hydrogen) atoms. The Kier molecular flexibility index (Phi) is 6.07. The lowest BCUT2D eigenvalue weighted by Gasteiger charge is -2.27. The largest absolute Gasteiger partial charge is 0.493 e. The maximum atomic E-state index is 12.4. The topological polar surface area (TPSA) is 63.7 Å². The Labute approximate surface area is 154 Å². The molecule has 1 aliphatic rings. The van der Waals surface area contributed by atoms with Crippen LogP contribution in [-0.2, 0) is 4.74 Å². The molecule has 0 radical (unpaired) electrons. The molecule has 2 aromatic rings. The van der Waals surface area contributed by atoms with Crippen molar-refractivity contribution < 1.29 is 14.3 Å². The lowest BCUT2D eigenvalue weighted by molar-refractivity contribution is 0.102. The van der Waals surface area contributed by atoms with E-state index in [0.29, 0.717) is 23.8 Å². The van der Waals surface area contributed by atoms with Gasteiger partial charge in [0.15, 0.2) is 0 Å². The number of anilines is 2. The van der Waals surface area contributed by atoms with Crippen molar-refractivity contribution in [3.8, 4) is 5.75 Å². The third-order valence-corrected chi connectivity index (χ3v) is 4.04. The van der Waals surface area contributed by atoms with Crippen LogP contribution in [0.3, 0.4) is 0 Å². The third-order valence-electron chi connectivity index (χ3n) is 4.04. The van der Waals surface area contributed by atoms with Crippen LogP contribution in [0.25, 0.3) is 0 Å². The highest BCUT2D eigenvalue weighted by atomic mass is 16.5. The molecule has 0 unspecified atom stereocenters. The van der Waals surface area contributed by atoms with Crippen LogP contribution in [0.1, 0.15) is 24.2 Å². The second kappa shape index (κ2) is 8.67. The molecule has 1 aliphatic heterocycles. The Morgan fingerprint density at radius 1 is 1.19 bits per heavy atom. The summed E-state index contributed by atoms with van der Waals surface area (Å²) in [6.07, 6.45) is 1.68. The van der Waals surface area contributed by atoms with Crippen molar-refractivity contribution in [3.63, 3.8) is 0 Å². The molecule has 2 heterocycles. The van der Waals surface area contributed by atoms with Gasteiger partial charge in [0.05, 0.1) is 31.7 Å². The summed E-state index contributed by atoms with van der Waals surface area (Å²) in [6, 6.07) is 11.0. The number of hydrogen-bond acceptors (Lipinski definition) is 5. The number of nitrogens with zero attached hydrogens (tertiary/aromatic N) is 2. The van der Waals surface area contributed by atoms with Crippen LogP contribution >= 0.6 is 0 Å². The second-order valence-corrected chi connectivity index (χ2v) is 6.69. The summed E-state index contributed by atoms with van der Waals surface area (Å²) in [5.74, 6) is 1.97. The van der Waals surface area contributed by atoms with Crippen LogP contribution < -0.4 is 15.0 Å². The first kappa shape index (κ1) is 18.2. The van der Waals surface area contributed by atoms with E-state index >= 15 is 0 Å². The fourth-order valence-electron chi connectivity index (χ4n) is 2.61. The molecular weight excluding hydrogens is 330 g/mol. The number of rotatable bonds is 6. The number of aromatic nitrogens is 1. The molecule has 1 saturated heterocycles. The Hall–Kier alpha value is -2.60. The first-order chi connectivity index (χ1) is 12.6. The van der Waals surface area contributed by atoms with Crippen molar-refractivity contribution in [1.82, 2.24) is 4.98 Å². The highest BCUT2D eigenvalue weighted by molar-refractivity contribution is 6.04. The highest BCUT2D eigenvalue weighted by Crippen LogP contribution is 2.17. The highest BCUT2D eigenvalue weighted by Gasteiger charge is 2.12. The first-order valence-corrected chi connectivity index (χ1v) is 8.95. The number of morpholine rings is 1. The van der Waals surface area contributed by atoms with Crippen LogP contribution in [0.2, 0.25) is 0 Å². The average molecular weight is 355 g/mol. The van der Waals surface area contributed by atoms with Crippen molar-refractivity contribution in [1.29, 1.82) is 0 Å². The van der Waals surface area contributed by atoms with Gasteiger partial charge in [-0.05, 0) is 42.3 Å². The van der Waals surface area contributed by atoms with E-state index in [-0.39, 0.29) is 5.91 Å².